The number of nitrogens with zero attached hydrogens (tertiary/aromatic N) is 1. The number of nitrogens with one attached hydrogen (secondary N) is 2. The largest absolute Gasteiger partial charge is 0.298 e. The molecule has 0 atom stereocenters. The van der Waals surface area contributed by atoms with Crippen molar-refractivity contribution in [2.24, 2.45) is 0 Å². The van der Waals surface area contributed by atoms with Gasteiger partial charge in [0.15, 0.2) is 0 Å². The molecule has 0 radical (unpaired) electrons. The summed E-state index contributed by atoms with van der Waals surface area (Å²) in [6.07, 6.45) is 0. The minimum atomic E-state index is -3.74. The maximum atomic E-state index is 13.1. The zero-order valence-corrected chi connectivity index (χ0v) is 8.60. The Morgan fingerprint density at radius 2 is 2.13 bits per heavy atom. The highest BCUT2D eigenvalue weighted by Crippen LogP contribution is 2.18. The third-order valence-electron chi connectivity index (χ3n) is 1.64. The van der Waals surface area contributed by atoms with Gasteiger partial charge in [-0.2, -0.15) is 13.7 Å². The minimum Gasteiger partial charge on any atom is -0.270 e. The predicted molar refractivity (Wildman–Crippen MR) is 52.7 cm³/mol. The molecule has 0 saturated carbocycles. The summed E-state index contributed by atoms with van der Waals surface area (Å²) in [4.78, 5) is 0. The van der Waals surface area contributed by atoms with E-state index in [0.717, 1.165) is 6.07 Å². The van der Waals surface area contributed by atoms with Gasteiger partial charge in [0.25, 0.3) is 10.2 Å². The average molecular weight is 229 g/mol. The highest BCUT2D eigenvalue weighted by Gasteiger charge is 2.12. The summed E-state index contributed by atoms with van der Waals surface area (Å²) in [7, 11) is -2.54. The zero-order valence-electron chi connectivity index (χ0n) is 7.78. The van der Waals surface area contributed by atoms with Gasteiger partial charge in [-0.05, 0) is 12.1 Å². The van der Waals surface area contributed by atoms with Crippen LogP contribution in [0.4, 0.5) is 10.1 Å². The highest BCUT2D eigenvalue weighted by molar-refractivity contribution is 7.90. The Morgan fingerprint density at radius 3 is 2.67 bits per heavy atom. The summed E-state index contributed by atoms with van der Waals surface area (Å²) in [6.45, 7) is 0. The van der Waals surface area contributed by atoms with E-state index in [-0.39, 0.29) is 11.3 Å². The lowest BCUT2D eigenvalue weighted by atomic mass is 10.2. The van der Waals surface area contributed by atoms with Gasteiger partial charge in [-0.15, -0.1) is 0 Å². The van der Waals surface area contributed by atoms with Crippen molar-refractivity contribution >= 4 is 15.9 Å². The summed E-state index contributed by atoms with van der Waals surface area (Å²) in [5.41, 5.74) is -0.428. The molecule has 5 nitrogen and oxygen atoms in total. The predicted octanol–water partition coefficient (Wildman–Crippen LogP) is 0.573. The van der Waals surface area contributed by atoms with E-state index in [2.05, 4.69) is 0 Å². The molecule has 2 N–H and O–H groups in total. The molecule has 0 heterocycles. The van der Waals surface area contributed by atoms with E-state index in [4.69, 9.17) is 5.26 Å². The van der Waals surface area contributed by atoms with Crippen LogP contribution in [-0.4, -0.2) is 15.5 Å². The SMILES string of the molecule is CNS(=O)(=O)Nc1cccc(F)c1C#N. The maximum absolute atomic E-state index is 13.1. The molecule has 0 amide bonds. The Bertz CT molecular complexity index is 507. The van der Waals surface area contributed by atoms with Crippen LogP contribution < -0.4 is 9.44 Å². The summed E-state index contributed by atoms with van der Waals surface area (Å²) in [5, 5.41) is 8.62. The standard InChI is InChI=1S/C8H8FN3O2S/c1-11-15(13,14)12-8-4-2-3-7(9)6(8)5-10/h2-4,11-12H,1H3. The van der Waals surface area contributed by atoms with E-state index in [1.807, 2.05) is 9.44 Å². The number of halogens is 1. The van der Waals surface area contributed by atoms with Crippen LogP contribution in [0.5, 0.6) is 0 Å². The van der Waals surface area contributed by atoms with Crippen molar-refractivity contribution in [2.45, 2.75) is 0 Å². The average Bonchev–Trinajstić information content (AvgIpc) is 2.18. The number of benzene rings is 1. The molecular weight excluding hydrogens is 221 g/mol. The highest BCUT2D eigenvalue weighted by atomic mass is 32.2. The smallest absolute Gasteiger partial charge is 0.270 e. The molecule has 0 aliphatic carbocycles. The fourth-order valence-electron chi connectivity index (χ4n) is 0.919. The van der Waals surface area contributed by atoms with Crippen LogP contribution in [0.3, 0.4) is 0 Å². The second kappa shape index (κ2) is 4.25. The van der Waals surface area contributed by atoms with Crippen LogP contribution in [0.1, 0.15) is 5.56 Å². The fourth-order valence-corrected chi connectivity index (χ4v) is 1.48. The Kier molecular flexibility index (Phi) is 3.24. The molecule has 0 bridgehead atoms. The van der Waals surface area contributed by atoms with Crippen molar-refractivity contribution in [3.8, 4) is 6.07 Å². The lowest BCUT2D eigenvalue weighted by molar-refractivity contribution is 0.593. The zero-order chi connectivity index (χ0) is 11.5. The molecule has 0 fully saturated rings. The van der Waals surface area contributed by atoms with Crippen LogP contribution in [-0.2, 0) is 10.2 Å². The molecule has 0 spiro atoms. The van der Waals surface area contributed by atoms with Crippen molar-refractivity contribution in [3.63, 3.8) is 0 Å². The third-order valence-corrected chi connectivity index (χ3v) is 2.66. The molecule has 80 valence electrons. The lowest BCUT2D eigenvalue weighted by Crippen LogP contribution is -2.26. The second-order valence-corrected chi connectivity index (χ2v) is 4.20. The molecule has 0 aliphatic heterocycles. The van der Waals surface area contributed by atoms with Gasteiger partial charge in [0, 0.05) is 7.05 Å². The number of nitriles is 1. The minimum absolute atomic E-state index is 0.0909. The molecule has 0 aromatic heterocycles. The van der Waals surface area contributed by atoms with Gasteiger partial charge in [-0.3, -0.25) is 4.72 Å². The monoisotopic (exact) mass is 229 g/mol. The number of hydrogen-bond donors (Lipinski definition) is 2. The number of anilines is 1. The first-order chi connectivity index (χ1) is 7.00. The van der Waals surface area contributed by atoms with E-state index >= 15 is 0 Å². The van der Waals surface area contributed by atoms with Crippen molar-refractivity contribution in [1.29, 1.82) is 5.26 Å². The molecule has 1 aromatic carbocycles. The van der Waals surface area contributed by atoms with Gasteiger partial charge in [-0.1, -0.05) is 6.07 Å². The quantitative estimate of drug-likeness (QED) is 0.795. The van der Waals surface area contributed by atoms with E-state index in [0.29, 0.717) is 0 Å². The first-order valence-corrected chi connectivity index (χ1v) is 5.38. The Hall–Kier alpha value is -1.65. The summed E-state index contributed by atoms with van der Waals surface area (Å²) >= 11 is 0. The van der Waals surface area contributed by atoms with Crippen molar-refractivity contribution in [2.75, 3.05) is 11.8 Å². The van der Waals surface area contributed by atoms with Gasteiger partial charge >= 0.3 is 0 Å². The topological polar surface area (TPSA) is 82.0 Å². The lowest BCUT2D eigenvalue weighted by Gasteiger charge is -2.07. The first-order valence-electron chi connectivity index (χ1n) is 3.90. The van der Waals surface area contributed by atoms with Gasteiger partial charge in [0.1, 0.15) is 17.4 Å². The Balaban J connectivity index is 3.18. The number of hydrogen-bond acceptors (Lipinski definition) is 3. The van der Waals surface area contributed by atoms with E-state index in [9.17, 15) is 12.8 Å². The normalized spacial score (nSPS) is 10.7. The van der Waals surface area contributed by atoms with Crippen LogP contribution in [0, 0.1) is 17.1 Å². The van der Waals surface area contributed by atoms with Crippen LogP contribution in [0.15, 0.2) is 18.2 Å². The van der Waals surface area contributed by atoms with Gasteiger partial charge in [0.2, 0.25) is 0 Å². The Labute approximate surface area is 86.7 Å². The number of rotatable bonds is 3. The van der Waals surface area contributed by atoms with E-state index in [1.165, 1.54) is 19.2 Å². The molecule has 1 aromatic rings. The van der Waals surface area contributed by atoms with Crippen LogP contribution >= 0.6 is 0 Å². The van der Waals surface area contributed by atoms with Gasteiger partial charge in [0.05, 0.1) is 5.69 Å². The van der Waals surface area contributed by atoms with Crippen LogP contribution in [0.25, 0.3) is 0 Å². The molecular formula is C8H8FN3O2S. The molecule has 0 aliphatic rings. The third kappa shape index (κ3) is 2.65. The van der Waals surface area contributed by atoms with Crippen molar-refractivity contribution in [3.05, 3.63) is 29.6 Å². The Morgan fingerprint density at radius 1 is 1.47 bits per heavy atom. The summed E-state index contributed by atoms with van der Waals surface area (Å²) in [5.74, 6) is -0.770. The maximum Gasteiger partial charge on any atom is 0.298 e. The van der Waals surface area contributed by atoms with E-state index < -0.39 is 16.0 Å². The molecule has 15 heavy (non-hydrogen) atoms. The summed E-state index contributed by atoms with van der Waals surface area (Å²) < 4.78 is 39.3. The van der Waals surface area contributed by atoms with Gasteiger partial charge in [-0.25, -0.2) is 9.11 Å². The molecule has 0 saturated heterocycles. The fraction of sp³-hybridized carbons (Fsp3) is 0.125. The molecule has 7 heteroatoms. The van der Waals surface area contributed by atoms with Crippen molar-refractivity contribution in [1.82, 2.24) is 4.72 Å². The van der Waals surface area contributed by atoms with Crippen LogP contribution in [0.2, 0.25) is 0 Å². The van der Waals surface area contributed by atoms with Gasteiger partial charge < -0.3 is 0 Å². The molecule has 0 unspecified atom stereocenters. The second-order valence-electron chi connectivity index (χ2n) is 2.58. The first kappa shape index (κ1) is 11.4. The molecule has 1 rings (SSSR count). The summed E-state index contributed by atoms with van der Waals surface area (Å²) in [6, 6.07) is 5.27. The van der Waals surface area contributed by atoms with E-state index in [1.54, 1.807) is 6.07 Å². The van der Waals surface area contributed by atoms with Crippen molar-refractivity contribution < 1.29 is 12.8 Å².